The topological polar surface area (TPSA) is 17.1 Å². The molecule has 0 fully saturated rings. The first-order chi connectivity index (χ1) is 5.18. The Kier molecular flexibility index (Phi) is 3.27. The predicted molar refractivity (Wildman–Crippen MR) is 51.8 cm³/mol. The molecule has 1 rings (SSSR count). The molecule has 3 heteroatoms. The molecule has 0 radical (unpaired) electrons. The molecule has 1 aromatic rings. The molecule has 0 heterocycles. The summed E-state index contributed by atoms with van der Waals surface area (Å²) >= 11 is 6.21. The van der Waals surface area contributed by atoms with Gasteiger partial charge in [0.05, 0.1) is 0 Å². The predicted octanol–water partition coefficient (Wildman–Crippen LogP) is 2.91. The van der Waals surface area contributed by atoms with Crippen LogP contribution in [-0.2, 0) is 11.2 Å². The summed E-state index contributed by atoms with van der Waals surface area (Å²) < 4.78 is 1.01. The normalized spacial score (nSPS) is 9.64. The van der Waals surface area contributed by atoms with Gasteiger partial charge >= 0.3 is 0 Å². The fraction of sp³-hybridized carbons (Fsp3) is 0.125. The Bertz CT molecular complexity index is 271. The van der Waals surface area contributed by atoms with Crippen molar-refractivity contribution in [3.8, 4) is 0 Å². The number of hydrogen-bond acceptors (Lipinski definition) is 1. The maximum absolute atomic E-state index is 10.6. The van der Waals surface area contributed by atoms with E-state index in [1.165, 1.54) is 0 Å². The molecule has 0 amide bonds. The van der Waals surface area contributed by atoms with Crippen molar-refractivity contribution in [1.82, 2.24) is 0 Å². The number of hydrogen-bond donors (Lipinski definition) is 0. The molecule has 0 aromatic heterocycles. The maximum atomic E-state index is 10.6. The molecule has 1 aromatic carbocycles. The van der Waals surface area contributed by atoms with E-state index >= 15 is 0 Å². The van der Waals surface area contributed by atoms with E-state index in [1.54, 1.807) is 0 Å². The average molecular weight is 278 g/mol. The van der Waals surface area contributed by atoms with Gasteiger partial charge in [0.15, 0.2) is 0 Å². The average Bonchev–Trinajstić information content (AvgIpc) is 1.85. The first-order valence-electron chi connectivity index (χ1n) is 3.11. The smallest absolute Gasteiger partial charge is 0.202 e. The van der Waals surface area contributed by atoms with E-state index in [2.05, 4.69) is 31.9 Å². The van der Waals surface area contributed by atoms with Crippen LogP contribution in [0, 0.1) is 0 Å². The van der Waals surface area contributed by atoms with Gasteiger partial charge in [-0.25, -0.2) is 0 Å². The number of carbonyl (C=O) groups is 1. The molecule has 0 saturated carbocycles. The number of carbonyl (C=O) groups excluding carboxylic acids is 1. The van der Waals surface area contributed by atoms with Crippen LogP contribution in [0.25, 0.3) is 0 Å². The summed E-state index contributed by atoms with van der Waals surface area (Å²) in [6, 6.07) is 7.70. The van der Waals surface area contributed by atoms with Gasteiger partial charge in [0, 0.05) is 10.9 Å². The molecule has 0 spiro atoms. The van der Waals surface area contributed by atoms with Gasteiger partial charge in [-0.05, 0) is 33.6 Å². The minimum absolute atomic E-state index is 0.00981. The number of benzene rings is 1. The molecule has 1 nitrogen and oxygen atoms in total. The Labute approximate surface area is 82.1 Å². The summed E-state index contributed by atoms with van der Waals surface area (Å²) in [5.41, 5.74) is 1.02. The lowest BCUT2D eigenvalue weighted by atomic mass is 10.2. The van der Waals surface area contributed by atoms with Crippen LogP contribution in [0.3, 0.4) is 0 Å². The van der Waals surface area contributed by atoms with Gasteiger partial charge in [-0.15, -0.1) is 0 Å². The third-order valence-corrected chi connectivity index (χ3v) is 2.01. The van der Waals surface area contributed by atoms with E-state index in [0.717, 1.165) is 10.0 Å². The molecule has 0 aliphatic heterocycles. The molecule has 0 atom stereocenters. The lowest BCUT2D eigenvalue weighted by molar-refractivity contribution is -0.109. The second-order valence-corrected chi connectivity index (χ2v) is 3.96. The van der Waals surface area contributed by atoms with Crippen LogP contribution in [0.1, 0.15) is 5.56 Å². The Morgan fingerprint density at radius 3 is 2.73 bits per heavy atom. The van der Waals surface area contributed by atoms with Crippen molar-refractivity contribution < 1.29 is 4.79 Å². The highest BCUT2D eigenvalue weighted by Crippen LogP contribution is 2.12. The zero-order chi connectivity index (χ0) is 8.27. The van der Waals surface area contributed by atoms with Crippen LogP contribution < -0.4 is 0 Å². The van der Waals surface area contributed by atoms with Gasteiger partial charge in [0.25, 0.3) is 0 Å². The number of halogens is 2. The monoisotopic (exact) mass is 276 g/mol. The summed E-state index contributed by atoms with van der Waals surface area (Å²) in [6.45, 7) is 0. The van der Waals surface area contributed by atoms with Gasteiger partial charge < -0.3 is 0 Å². The SMILES string of the molecule is O=C(Br)Cc1cccc(Br)c1. The second kappa shape index (κ2) is 4.02. The second-order valence-electron chi connectivity index (χ2n) is 2.16. The van der Waals surface area contributed by atoms with Gasteiger partial charge in [-0.2, -0.15) is 0 Å². The molecule has 0 bridgehead atoms. The van der Waals surface area contributed by atoms with Crippen molar-refractivity contribution >= 4 is 36.6 Å². The summed E-state index contributed by atoms with van der Waals surface area (Å²) in [6.07, 6.45) is 0.444. The first kappa shape index (κ1) is 8.94. The molecule has 11 heavy (non-hydrogen) atoms. The molecule has 0 N–H and O–H groups in total. The Balaban J connectivity index is 2.79. The fourth-order valence-electron chi connectivity index (χ4n) is 0.807. The third kappa shape index (κ3) is 3.16. The molecule has 0 saturated heterocycles. The molecule has 0 aliphatic rings. The van der Waals surface area contributed by atoms with Crippen LogP contribution in [0.4, 0.5) is 0 Å². The van der Waals surface area contributed by atoms with Crippen molar-refractivity contribution in [3.05, 3.63) is 34.3 Å². The van der Waals surface area contributed by atoms with E-state index in [4.69, 9.17) is 0 Å². The molecule has 0 unspecified atom stereocenters. The summed E-state index contributed by atoms with van der Waals surface area (Å²) in [5, 5.41) is 0. The first-order valence-corrected chi connectivity index (χ1v) is 4.70. The van der Waals surface area contributed by atoms with Crippen molar-refractivity contribution in [2.45, 2.75) is 6.42 Å². The van der Waals surface area contributed by atoms with Crippen LogP contribution in [0.5, 0.6) is 0 Å². The van der Waals surface area contributed by atoms with Crippen molar-refractivity contribution in [1.29, 1.82) is 0 Å². The minimum atomic E-state index is 0.00981. The van der Waals surface area contributed by atoms with Crippen molar-refractivity contribution in [2.75, 3.05) is 0 Å². The highest BCUT2D eigenvalue weighted by atomic mass is 79.9. The third-order valence-electron chi connectivity index (χ3n) is 1.23. The zero-order valence-corrected chi connectivity index (χ0v) is 8.85. The maximum Gasteiger partial charge on any atom is 0.202 e. The van der Waals surface area contributed by atoms with E-state index in [9.17, 15) is 4.79 Å². The number of rotatable bonds is 2. The summed E-state index contributed by atoms with van der Waals surface area (Å²) in [5.74, 6) is 0. The fourth-order valence-corrected chi connectivity index (χ4v) is 1.58. The lowest BCUT2D eigenvalue weighted by Crippen LogP contribution is -1.91. The lowest BCUT2D eigenvalue weighted by Gasteiger charge is -1.95. The standard InChI is InChI=1S/C8H6Br2O/c9-7-3-1-2-6(4-7)5-8(10)11/h1-4H,5H2. The Morgan fingerprint density at radius 1 is 1.45 bits per heavy atom. The van der Waals surface area contributed by atoms with Gasteiger partial charge in [0.2, 0.25) is 4.69 Å². The summed E-state index contributed by atoms with van der Waals surface area (Å²) in [7, 11) is 0. The quantitative estimate of drug-likeness (QED) is 0.760. The highest BCUT2D eigenvalue weighted by molar-refractivity contribution is 9.18. The van der Waals surface area contributed by atoms with Crippen molar-refractivity contribution in [2.24, 2.45) is 0 Å². The van der Waals surface area contributed by atoms with Crippen LogP contribution >= 0.6 is 31.9 Å². The summed E-state index contributed by atoms with van der Waals surface area (Å²) in [4.78, 5) is 10.6. The molecule has 58 valence electrons. The van der Waals surface area contributed by atoms with Gasteiger partial charge in [0.1, 0.15) is 0 Å². The van der Waals surface area contributed by atoms with Crippen LogP contribution in [0.2, 0.25) is 0 Å². The van der Waals surface area contributed by atoms with Crippen LogP contribution in [-0.4, -0.2) is 4.69 Å². The zero-order valence-electron chi connectivity index (χ0n) is 5.68. The molecular formula is C8H6Br2O. The van der Waals surface area contributed by atoms with Gasteiger partial charge in [-0.3, -0.25) is 4.79 Å². The van der Waals surface area contributed by atoms with E-state index < -0.39 is 0 Å². The molecular weight excluding hydrogens is 272 g/mol. The van der Waals surface area contributed by atoms with E-state index in [1.807, 2.05) is 24.3 Å². The Morgan fingerprint density at radius 2 is 2.18 bits per heavy atom. The minimum Gasteiger partial charge on any atom is -0.286 e. The van der Waals surface area contributed by atoms with E-state index in [-0.39, 0.29) is 4.69 Å². The highest BCUT2D eigenvalue weighted by Gasteiger charge is 1.98. The Hall–Kier alpha value is -0.150. The van der Waals surface area contributed by atoms with E-state index in [0.29, 0.717) is 6.42 Å². The van der Waals surface area contributed by atoms with Crippen molar-refractivity contribution in [3.63, 3.8) is 0 Å². The van der Waals surface area contributed by atoms with Gasteiger partial charge in [-0.1, -0.05) is 28.1 Å². The molecule has 0 aliphatic carbocycles. The largest absolute Gasteiger partial charge is 0.286 e. The van der Waals surface area contributed by atoms with Crippen LogP contribution in [0.15, 0.2) is 28.7 Å².